The molecule has 0 N–H and O–H groups in total. The zero-order chi connectivity index (χ0) is 19.6. The van der Waals surface area contributed by atoms with Gasteiger partial charge in [-0.2, -0.15) is 0 Å². The summed E-state index contributed by atoms with van der Waals surface area (Å²) in [6, 6.07) is 14.7. The third-order valence-electron chi connectivity index (χ3n) is 4.76. The van der Waals surface area contributed by atoms with E-state index in [-0.39, 0.29) is 6.61 Å². The lowest BCUT2D eigenvalue weighted by molar-refractivity contribution is -0.152. The van der Waals surface area contributed by atoms with E-state index in [1.807, 2.05) is 30.3 Å². The first kappa shape index (κ1) is 18.6. The molecule has 1 heterocycles. The lowest BCUT2D eigenvalue weighted by Gasteiger charge is -2.35. The Morgan fingerprint density at radius 1 is 1.04 bits per heavy atom. The Hall–Kier alpha value is -3.21. The molecule has 5 heteroatoms. The van der Waals surface area contributed by atoms with Crippen molar-refractivity contribution < 1.29 is 19.1 Å². The molecule has 0 bridgehead atoms. The Balaban J connectivity index is 1.91. The molecule has 0 spiro atoms. The van der Waals surface area contributed by atoms with Crippen molar-refractivity contribution in [3.8, 4) is 0 Å². The van der Waals surface area contributed by atoms with Crippen LogP contribution >= 0.6 is 0 Å². The van der Waals surface area contributed by atoms with Crippen LogP contribution in [-0.4, -0.2) is 28.7 Å². The maximum atomic E-state index is 12.9. The fourth-order valence-corrected chi connectivity index (χ4v) is 3.10. The van der Waals surface area contributed by atoms with Crippen LogP contribution in [0.3, 0.4) is 0 Å². The standard InChI is InChI=1S/C22H21NO4/c1-4-22(2,3)18(21(26)27-14-15-10-6-5-7-11-15)23-19(24)16-12-8-9-13-17(16)20(23)25/h4-13,18H,1,14H2,2-3H3. The quantitative estimate of drug-likeness (QED) is 0.447. The molecule has 2 aromatic carbocycles. The van der Waals surface area contributed by atoms with Crippen LogP contribution < -0.4 is 0 Å². The number of hydrogen-bond acceptors (Lipinski definition) is 4. The van der Waals surface area contributed by atoms with E-state index in [0.717, 1.165) is 10.5 Å². The van der Waals surface area contributed by atoms with Crippen molar-refractivity contribution in [1.29, 1.82) is 0 Å². The van der Waals surface area contributed by atoms with Gasteiger partial charge in [0.2, 0.25) is 0 Å². The minimum atomic E-state index is -1.11. The van der Waals surface area contributed by atoms with E-state index in [2.05, 4.69) is 6.58 Å². The summed E-state index contributed by atoms with van der Waals surface area (Å²) < 4.78 is 5.45. The van der Waals surface area contributed by atoms with Crippen LogP contribution in [0.2, 0.25) is 0 Å². The predicted octanol–water partition coefficient (Wildman–Crippen LogP) is 3.61. The number of carbonyl (C=O) groups excluding carboxylic acids is 3. The summed E-state index contributed by atoms with van der Waals surface area (Å²) in [6.45, 7) is 7.33. The van der Waals surface area contributed by atoms with Gasteiger partial charge in [0.25, 0.3) is 11.8 Å². The molecule has 0 aliphatic carbocycles. The first-order valence-corrected chi connectivity index (χ1v) is 8.68. The largest absolute Gasteiger partial charge is 0.459 e. The van der Waals surface area contributed by atoms with Gasteiger partial charge in [0.1, 0.15) is 12.6 Å². The van der Waals surface area contributed by atoms with Gasteiger partial charge in [-0.3, -0.25) is 14.5 Å². The maximum Gasteiger partial charge on any atom is 0.330 e. The maximum absolute atomic E-state index is 12.9. The van der Waals surface area contributed by atoms with E-state index < -0.39 is 29.2 Å². The van der Waals surface area contributed by atoms with E-state index in [9.17, 15) is 14.4 Å². The van der Waals surface area contributed by atoms with Crippen molar-refractivity contribution in [2.45, 2.75) is 26.5 Å². The molecular weight excluding hydrogens is 342 g/mol. The molecule has 0 fully saturated rings. The van der Waals surface area contributed by atoms with E-state index in [0.29, 0.717) is 11.1 Å². The second-order valence-corrected chi connectivity index (χ2v) is 7.05. The second kappa shape index (κ2) is 7.19. The molecule has 1 aliphatic rings. The normalized spacial score (nSPS) is 14.7. The SMILES string of the molecule is C=CC(C)(C)C(C(=O)OCc1ccccc1)N1C(=O)c2ccccc2C1=O. The molecule has 0 saturated heterocycles. The third-order valence-corrected chi connectivity index (χ3v) is 4.76. The molecule has 0 radical (unpaired) electrons. The number of benzene rings is 2. The minimum Gasteiger partial charge on any atom is -0.459 e. The lowest BCUT2D eigenvalue weighted by atomic mass is 9.83. The average molecular weight is 363 g/mol. The number of nitrogens with zero attached hydrogens (tertiary/aromatic N) is 1. The monoisotopic (exact) mass is 363 g/mol. The summed E-state index contributed by atoms with van der Waals surface area (Å²) >= 11 is 0. The van der Waals surface area contributed by atoms with Gasteiger partial charge in [-0.25, -0.2) is 4.79 Å². The Morgan fingerprint density at radius 3 is 2.07 bits per heavy atom. The topological polar surface area (TPSA) is 63.7 Å². The number of ether oxygens (including phenoxy) is 1. The molecule has 138 valence electrons. The van der Waals surface area contributed by atoms with Gasteiger partial charge < -0.3 is 4.74 Å². The van der Waals surface area contributed by atoms with Gasteiger partial charge >= 0.3 is 5.97 Å². The number of imide groups is 1. The fraction of sp³-hybridized carbons (Fsp3) is 0.227. The highest BCUT2D eigenvalue weighted by atomic mass is 16.5. The van der Waals surface area contributed by atoms with Crippen LogP contribution in [0.5, 0.6) is 0 Å². The number of amides is 2. The first-order chi connectivity index (χ1) is 12.9. The highest BCUT2D eigenvalue weighted by Crippen LogP contribution is 2.34. The van der Waals surface area contributed by atoms with Crippen molar-refractivity contribution >= 4 is 17.8 Å². The molecule has 1 aliphatic heterocycles. The Labute approximate surface area is 158 Å². The Bertz CT molecular complexity index is 867. The summed E-state index contributed by atoms with van der Waals surface area (Å²) in [6.07, 6.45) is 1.56. The molecule has 5 nitrogen and oxygen atoms in total. The van der Waals surface area contributed by atoms with Crippen molar-refractivity contribution in [1.82, 2.24) is 4.90 Å². The molecule has 27 heavy (non-hydrogen) atoms. The molecule has 2 aromatic rings. The zero-order valence-electron chi connectivity index (χ0n) is 15.3. The fourth-order valence-electron chi connectivity index (χ4n) is 3.10. The van der Waals surface area contributed by atoms with Gasteiger partial charge in [-0.1, -0.05) is 62.4 Å². The van der Waals surface area contributed by atoms with Crippen LogP contribution in [0.4, 0.5) is 0 Å². The van der Waals surface area contributed by atoms with Crippen LogP contribution in [0.1, 0.15) is 40.1 Å². The van der Waals surface area contributed by atoms with E-state index in [1.54, 1.807) is 44.2 Å². The van der Waals surface area contributed by atoms with Gasteiger partial charge in [-0.15, -0.1) is 6.58 Å². The average Bonchev–Trinajstić information content (AvgIpc) is 2.93. The predicted molar refractivity (Wildman–Crippen MR) is 101 cm³/mol. The van der Waals surface area contributed by atoms with E-state index >= 15 is 0 Å². The lowest BCUT2D eigenvalue weighted by Crippen LogP contribution is -2.53. The summed E-state index contributed by atoms with van der Waals surface area (Å²) in [5, 5.41) is 0. The molecule has 1 atom stereocenters. The Morgan fingerprint density at radius 2 is 1.56 bits per heavy atom. The van der Waals surface area contributed by atoms with Crippen LogP contribution in [0.25, 0.3) is 0 Å². The summed E-state index contributed by atoms with van der Waals surface area (Å²) in [4.78, 5) is 39.6. The summed E-state index contributed by atoms with van der Waals surface area (Å²) in [5.74, 6) is -1.63. The molecular formula is C22H21NO4. The molecule has 1 unspecified atom stereocenters. The van der Waals surface area contributed by atoms with Crippen molar-refractivity contribution in [2.24, 2.45) is 5.41 Å². The van der Waals surface area contributed by atoms with Crippen LogP contribution in [0.15, 0.2) is 67.3 Å². The van der Waals surface area contributed by atoms with Gasteiger partial charge in [0.05, 0.1) is 11.1 Å². The van der Waals surface area contributed by atoms with Crippen LogP contribution in [-0.2, 0) is 16.1 Å². The van der Waals surface area contributed by atoms with Gasteiger partial charge in [0.15, 0.2) is 0 Å². The van der Waals surface area contributed by atoms with E-state index in [4.69, 9.17) is 4.74 Å². The molecule has 0 saturated carbocycles. The highest BCUT2D eigenvalue weighted by molar-refractivity contribution is 6.22. The summed E-state index contributed by atoms with van der Waals surface area (Å²) in [7, 11) is 0. The Kier molecular flexibility index (Phi) is 4.95. The number of carbonyl (C=O) groups is 3. The minimum absolute atomic E-state index is 0.0621. The number of esters is 1. The highest BCUT2D eigenvalue weighted by Gasteiger charge is 2.49. The third kappa shape index (κ3) is 3.40. The van der Waals surface area contributed by atoms with Crippen molar-refractivity contribution in [2.75, 3.05) is 0 Å². The van der Waals surface area contributed by atoms with Gasteiger partial charge in [-0.05, 0) is 17.7 Å². The van der Waals surface area contributed by atoms with E-state index in [1.165, 1.54) is 0 Å². The number of rotatable bonds is 6. The second-order valence-electron chi connectivity index (χ2n) is 7.05. The van der Waals surface area contributed by atoms with Gasteiger partial charge in [0, 0.05) is 5.41 Å². The van der Waals surface area contributed by atoms with Crippen molar-refractivity contribution in [3.05, 3.63) is 83.9 Å². The van der Waals surface area contributed by atoms with Crippen LogP contribution in [0, 0.1) is 5.41 Å². The summed E-state index contributed by atoms with van der Waals surface area (Å²) in [5.41, 5.74) is 0.552. The molecule has 0 aromatic heterocycles. The smallest absolute Gasteiger partial charge is 0.330 e. The first-order valence-electron chi connectivity index (χ1n) is 8.68. The number of hydrogen-bond donors (Lipinski definition) is 0. The zero-order valence-corrected chi connectivity index (χ0v) is 15.3. The molecule has 2 amide bonds. The molecule has 3 rings (SSSR count). The van der Waals surface area contributed by atoms with Crippen molar-refractivity contribution in [3.63, 3.8) is 0 Å². The number of fused-ring (bicyclic) bond motifs is 1.